The van der Waals surface area contributed by atoms with Crippen LogP contribution in [0.5, 0.6) is 0 Å². The standard InChI is InChI=1S/C34H34F2N2O3/c1-21-9-10-23(17-30(21)35)22(2)37-19-33(39)26-13-14-32-25(16-26)6-5-15-38(32)20-27-12-11-24(18-31(27)36)28-7-3-4-8-29(28)34(40)41/h3-4,7-12,14,16-18,22,26,37H,5-6,13,15,19-20H2,1-2H3,(H,40,41)/t22-,26?/m0/s1. The van der Waals surface area contributed by atoms with E-state index >= 15 is 4.39 Å². The number of fused-ring (bicyclic) bond motifs is 1. The van der Waals surface area contributed by atoms with Gasteiger partial charge in [-0.2, -0.15) is 0 Å². The number of nitrogens with zero attached hydrogens (tertiary/aromatic N) is 1. The molecule has 0 spiro atoms. The molecule has 0 saturated carbocycles. The molecule has 2 atom stereocenters. The van der Waals surface area contributed by atoms with Crippen molar-refractivity contribution >= 4 is 11.8 Å². The molecule has 0 aromatic heterocycles. The summed E-state index contributed by atoms with van der Waals surface area (Å²) in [5.74, 6) is -1.82. The first kappa shape index (κ1) is 28.4. The number of halogens is 2. The van der Waals surface area contributed by atoms with Crippen molar-refractivity contribution < 1.29 is 23.5 Å². The Labute approximate surface area is 239 Å². The first-order valence-electron chi connectivity index (χ1n) is 14.0. The fraction of sp³-hybridized carbons (Fsp3) is 0.294. The number of benzene rings is 3. The number of Topliss-reactive ketones (excluding diaryl/α,β-unsaturated/α-hetero) is 1. The molecule has 1 saturated heterocycles. The number of hydrogen-bond acceptors (Lipinski definition) is 4. The van der Waals surface area contributed by atoms with Crippen molar-refractivity contribution in [3.05, 3.63) is 118 Å². The summed E-state index contributed by atoms with van der Waals surface area (Å²) in [4.78, 5) is 26.8. The van der Waals surface area contributed by atoms with Crippen LogP contribution in [0.25, 0.3) is 11.1 Å². The maximum absolute atomic E-state index is 15.2. The molecule has 1 fully saturated rings. The highest BCUT2D eigenvalue weighted by atomic mass is 19.1. The van der Waals surface area contributed by atoms with Crippen molar-refractivity contribution in [3.63, 3.8) is 0 Å². The van der Waals surface area contributed by atoms with Gasteiger partial charge < -0.3 is 15.3 Å². The third kappa shape index (κ3) is 6.30. The number of hydrogen-bond donors (Lipinski definition) is 2. The average molecular weight is 557 g/mol. The molecule has 41 heavy (non-hydrogen) atoms. The van der Waals surface area contributed by atoms with Crippen LogP contribution < -0.4 is 5.32 Å². The molecular formula is C34H34F2N2O3. The maximum atomic E-state index is 15.2. The number of carboxylic acids is 1. The van der Waals surface area contributed by atoms with Gasteiger partial charge in [-0.15, -0.1) is 0 Å². The first-order valence-corrected chi connectivity index (χ1v) is 14.0. The quantitative estimate of drug-likeness (QED) is 0.298. The summed E-state index contributed by atoms with van der Waals surface area (Å²) in [6.45, 7) is 5.02. The normalized spacial score (nSPS) is 17.4. The summed E-state index contributed by atoms with van der Waals surface area (Å²) < 4.78 is 29.2. The Morgan fingerprint density at radius 2 is 1.88 bits per heavy atom. The Balaban J connectivity index is 1.23. The molecule has 1 aliphatic heterocycles. The summed E-state index contributed by atoms with van der Waals surface area (Å²) in [5, 5.41) is 12.7. The number of carbonyl (C=O) groups is 2. The van der Waals surface area contributed by atoms with Gasteiger partial charge in [0, 0.05) is 36.3 Å². The number of likely N-dealkylation sites (tertiary alicyclic amines) is 1. The van der Waals surface area contributed by atoms with Gasteiger partial charge in [0.15, 0.2) is 5.78 Å². The summed E-state index contributed by atoms with van der Waals surface area (Å²) in [6.07, 6.45) is 6.50. The van der Waals surface area contributed by atoms with E-state index in [2.05, 4.69) is 22.4 Å². The molecule has 0 bridgehead atoms. The number of ketones is 1. The monoisotopic (exact) mass is 556 g/mol. The summed E-state index contributed by atoms with van der Waals surface area (Å²) >= 11 is 0. The van der Waals surface area contributed by atoms with Crippen LogP contribution in [-0.4, -0.2) is 34.8 Å². The lowest BCUT2D eigenvalue weighted by Gasteiger charge is -2.36. The molecule has 5 rings (SSSR count). The Hall–Kier alpha value is -4.10. The number of allylic oxidation sites excluding steroid dienone is 3. The van der Waals surface area contributed by atoms with Gasteiger partial charge in [0.05, 0.1) is 12.1 Å². The van der Waals surface area contributed by atoms with E-state index in [1.54, 1.807) is 43.3 Å². The van der Waals surface area contributed by atoms with Crippen LogP contribution >= 0.6 is 0 Å². The van der Waals surface area contributed by atoms with Crippen LogP contribution in [0.15, 0.2) is 84.1 Å². The fourth-order valence-corrected chi connectivity index (χ4v) is 5.63. The van der Waals surface area contributed by atoms with Crippen molar-refractivity contribution in [1.82, 2.24) is 10.2 Å². The largest absolute Gasteiger partial charge is 0.478 e. The summed E-state index contributed by atoms with van der Waals surface area (Å²) in [7, 11) is 0. The van der Waals surface area contributed by atoms with E-state index < -0.39 is 5.97 Å². The molecule has 0 amide bonds. The summed E-state index contributed by atoms with van der Waals surface area (Å²) in [5.41, 5.74) is 5.24. The zero-order valence-electron chi connectivity index (χ0n) is 23.3. The average Bonchev–Trinajstić information content (AvgIpc) is 2.98. The van der Waals surface area contributed by atoms with Crippen LogP contribution in [0.2, 0.25) is 0 Å². The second-order valence-corrected chi connectivity index (χ2v) is 10.9. The van der Waals surface area contributed by atoms with Gasteiger partial charge in [0.25, 0.3) is 0 Å². The highest BCUT2D eigenvalue weighted by Crippen LogP contribution is 2.35. The molecule has 2 N–H and O–H groups in total. The molecule has 1 unspecified atom stereocenters. The van der Waals surface area contributed by atoms with Crippen LogP contribution in [0.4, 0.5) is 8.78 Å². The molecular weight excluding hydrogens is 522 g/mol. The van der Waals surface area contributed by atoms with Crippen molar-refractivity contribution in [2.24, 2.45) is 5.92 Å². The fourth-order valence-electron chi connectivity index (χ4n) is 5.63. The van der Waals surface area contributed by atoms with Gasteiger partial charge in [0.1, 0.15) is 11.6 Å². The van der Waals surface area contributed by atoms with E-state index in [1.807, 2.05) is 13.0 Å². The van der Waals surface area contributed by atoms with E-state index in [-0.39, 0.29) is 41.5 Å². The number of rotatable bonds is 9. The van der Waals surface area contributed by atoms with Crippen molar-refractivity contribution in [1.29, 1.82) is 0 Å². The molecule has 2 aliphatic rings. The lowest BCUT2D eigenvalue weighted by molar-refractivity contribution is -0.120. The minimum atomic E-state index is -1.05. The van der Waals surface area contributed by atoms with Gasteiger partial charge in [-0.1, -0.05) is 54.6 Å². The highest BCUT2D eigenvalue weighted by Gasteiger charge is 2.27. The van der Waals surface area contributed by atoms with Gasteiger partial charge in [-0.3, -0.25) is 4.79 Å². The van der Waals surface area contributed by atoms with Crippen LogP contribution in [0.1, 0.15) is 59.3 Å². The Bertz CT molecular complexity index is 1540. The Morgan fingerprint density at radius 3 is 2.63 bits per heavy atom. The van der Waals surface area contributed by atoms with Gasteiger partial charge >= 0.3 is 5.97 Å². The molecule has 7 heteroatoms. The minimum Gasteiger partial charge on any atom is -0.478 e. The smallest absolute Gasteiger partial charge is 0.336 e. The maximum Gasteiger partial charge on any atom is 0.336 e. The number of carboxylic acid groups (broad SMARTS) is 1. The summed E-state index contributed by atoms with van der Waals surface area (Å²) in [6, 6.07) is 16.5. The first-order chi connectivity index (χ1) is 19.7. The highest BCUT2D eigenvalue weighted by molar-refractivity contribution is 5.96. The number of aromatic carboxylic acids is 1. The molecule has 1 heterocycles. The van der Waals surface area contributed by atoms with Crippen LogP contribution in [0, 0.1) is 24.5 Å². The van der Waals surface area contributed by atoms with Crippen LogP contribution in [0.3, 0.4) is 0 Å². The lowest BCUT2D eigenvalue weighted by Crippen LogP contribution is -2.34. The van der Waals surface area contributed by atoms with Gasteiger partial charge in [-0.25, -0.2) is 13.6 Å². The number of aryl methyl sites for hydroxylation is 1. The SMILES string of the molecule is Cc1ccc([C@H](C)NCC(=O)C2C=C3CCCN(Cc4ccc(-c5ccccc5C(=O)O)cc4F)C3=CC2)cc1F. The second-order valence-electron chi connectivity index (χ2n) is 10.9. The van der Waals surface area contributed by atoms with Gasteiger partial charge in [-0.05, 0) is 79.1 Å². The lowest BCUT2D eigenvalue weighted by atomic mass is 9.86. The predicted molar refractivity (Wildman–Crippen MR) is 155 cm³/mol. The Morgan fingerprint density at radius 1 is 1.07 bits per heavy atom. The van der Waals surface area contributed by atoms with E-state index in [4.69, 9.17) is 0 Å². The van der Waals surface area contributed by atoms with E-state index in [0.717, 1.165) is 36.2 Å². The molecule has 5 nitrogen and oxygen atoms in total. The van der Waals surface area contributed by atoms with Crippen molar-refractivity contribution in [2.75, 3.05) is 13.1 Å². The third-order valence-electron chi connectivity index (χ3n) is 8.09. The molecule has 1 aliphatic carbocycles. The zero-order valence-corrected chi connectivity index (χ0v) is 23.3. The molecule has 212 valence electrons. The number of carbonyl (C=O) groups excluding carboxylic acids is 1. The second kappa shape index (κ2) is 12.2. The van der Waals surface area contributed by atoms with Crippen LogP contribution in [-0.2, 0) is 11.3 Å². The number of piperidine rings is 1. The van der Waals surface area contributed by atoms with Gasteiger partial charge in [0.2, 0.25) is 0 Å². The third-order valence-corrected chi connectivity index (χ3v) is 8.09. The van der Waals surface area contributed by atoms with Crippen molar-refractivity contribution in [2.45, 2.75) is 45.7 Å². The number of nitrogens with one attached hydrogen (secondary N) is 1. The van der Waals surface area contributed by atoms with E-state index in [9.17, 15) is 19.1 Å². The van der Waals surface area contributed by atoms with Crippen molar-refractivity contribution in [3.8, 4) is 11.1 Å². The minimum absolute atomic E-state index is 0.0904. The predicted octanol–water partition coefficient (Wildman–Crippen LogP) is 6.98. The zero-order chi connectivity index (χ0) is 29.1. The van der Waals surface area contributed by atoms with E-state index in [0.29, 0.717) is 35.2 Å². The molecule has 3 aromatic carbocycles. The molecule has 0 radical (unpaired) electrons. The topological polar surface area (TPSA) is 69.6 Å². The van der Waals surface area contributed by atoms with E-state index in [1.165, 1.54) is 18.2 Å². The Kier molecular flexibility index (Phi) is 8.45. The molecule has 3 aromatic rings.